The molecule has 0 heterocycles. The Balaban J connectivity index is 2.14. The Bertz CT molecular complexity index is 349. The van der Waals surface area contributed by atoms with Crippen LogP contribution >= 0.6 is 0 Å². The van der Waals surface area contributed by atoms with Crippen LogP contribution in [0.1, 0.15) is 23.6 Å². The normalized spacial score (nSPS) is 18.8. The van der Waals surface area contributed by atoms with Crippen LogP contribution in [-0.4, -0.2) is 13.1 Å². The highest BCUT2D eigenvalue weighted by Gasteiger charge is 2.22. The first kappa shape index (κ1) is 9.06. The summed E-state index contributed by atoms with van der Waals surface area (Å²) in [6.07, 6.45) is 2.07. The molecule has 0 unspecified atom stereocenters. The molecule has 1 atom stereocenters. The number of carbonyl (C=O) groups is 1. The van der Waals surface area contributed by atoms with E-state index in [4.69, 9.17) is 0 Å². The minimum atomic E-state index is -0.105. The highest BCUT2D eigenvalue weighted by molar-refractivity contribution is 5.74. The van der Waals surface area contributed by atoms with Crippen LogP contribution in [0.5, 0.6) is 0 Å². The summed E-state index contributed by atoms with van der Waals surface area (Å²) in [7, 11) is 1.64. The fraction of sp³-hybridized carbons (Fsp3) is 0.364. The van der Waals surface area contributed by atoms with Crippen LogP contribution in [0.3, 0.4) is 0 Å². The Morgan fingerprint density at radius 2 is 2.21 bits per heavy atom. The van der Waals surface area contributed by atoms with Crippen LogP contribution in [0.2, 0.25) is 0 Å². The molecule has 0 spiro atoms. The second-order valence-electron chi connectivity index (χ2n) is 3.51. The minimum Gasteiger partial charge on any atom is -0.341 e. The molecule has 0 aliphatic heterocycles. The van der Waals surface area contributed by atoms with Gasteiger partial charge in [0.1, 0.15) is 0 Å². The summed E-state index contributed by atoms with van der Waals surface area (Å²) < 4.78 is 0. The molecule has 74 valence electrons. The van der Waals surface area contributed by atoms with Crippen LogP contribution in [-0.2, 0) is 6.42 Å². The molecule has 2 N–H and O–H groups in total. The van der Waals surface area contributed by atoms with Crippen molar-refractivity contribution in [1.29, 1.82) is 0 Å². The highest BCUT2D eigenvalue weighted by Crippen LogP contribution is 2.30. The second kappa shape index (κ2) is 3.70. The topological polar surface area (TPSA) is 41.1 Å². The van der Waals surface area contributed by atoms with Gasteiger partial charge in [0, 0.05) is 7.05 Å². The molecule has 0 bridgehead atoms. The number of urea groups is 1. The van der Waals surface area contributed by atoms with Crippen molar-refractivity contribution in [2.45, 2.75) is 18.9 Å². The third kappa shape index (κ3) is 1.58. The molecular weight excluding hydrogens is 176 g/mol. The standard InChI is InChI=1S/C11H14N2O/c1-12-11(14)13-10-7-6-8-4-2-3-5-9(8)10/h2-5,10H,6-7H2,1H3,(H2,12,13,14)/t10-/m0/s1. The van der Waals surface area contributed by atoms with Gasteiger partial charge in [0.25, 0.3) is 0 Å². The van der Waals surface area contributed by atoms with Gasteiger partial charge in [-0.3, -0.25) is 0 Å². The van der Waals surface area contributed by atoms with Crippen molar-refractivity contribution in [1.82, 2.24) is 10.6 Å². The van der Waals surface area contributed by atoms with E-state index in [9.17, 15) is 4.79 Å². The van der Waals surface area contributed by atoms with Crippen molar-refractivity contribution in [3.05, 3.63) is 35.4 Å². The number of fused-ring (bicyclic) bond motifs is 1. The Morgan fingerprint density at radius 1 is 1.43 bits per heavy atom. The third-order valence-electron chi connectivity index (χ3n) is 2.67. The van der Waals surface area contributed by atoms with Gasteiger partial charge in [-0.2, -0.15) is 0 Å². The monoisotopic (exact) mass is 190 g/mol. The third-order valence-corrected chi connectivity index (χ3v) is 2.67. The van der Waals surface area contributed by atoms with E-state index < -0.39 is 0 Å². The molecule has 1 aliphatic rings. The Morgan fingerprint density at radius 3 is 3.00 bits per heavy atom. The summed E-state index contributed by atoms with van der Waals surface area (Å²) in [4.78, 5) is 11.2. The van der Waals surface area contributed by atoms with E-state index in [2.05, 4.69) is 22.8 Å². The van der Waals surface area contributed by atoms with Crippen molar-refractivity contribution in [3.63, 3.8) is 0 Å². The number of hydrogen-bond acceptors (Lipinski definition) is 1. The number of benzene rings is 1. The average molecular weight is 190 g/mol. The Hall–Kier alpha value is -1.51. The summed E-state index contributed by atoms with van der Waals surface area (Å²) in [5.41, 5.74) is 2.62. The zero-order valence-electron chi connectivity index (χ0n) is 8.21. The molecule has 0 aromatic heterocycles. The summed E-state index contributed by atoms with van der Waals surface area (Å²) in [5.74, 6) is 0. The second-order valence-corrected chi connectivity index (χ2v) is 3.51. The smallest absolute Gasteiger partial charge is 0.315 e. The minimum absolute atomic E-state index is 0.105. The zero-order valence-corrected chi connectivity index (χ0v) is 8.21. The van der Waals surface area contributed by atoms with E-state index in [1.807, 2.05) is 12.1 Å². The molecule has 0 fully saturated rings. The van der Waals surface area contributed by atoms with Crippen LogP contribution in [0, 0.1) is 0 Å². The Labute approximate surface area is 83.5 Å². The molecule has 14 heavy (non-hydrogen) atoms. The first-order valence-corrected chi connectivity index (χ1v) is 4.87. The fourth-order valence-electron chi connectivity index (χ4n) is 1.94. The molecule has 2 rings (SSSR count). The van der Waals surface area contributed by atoms with Gasteiger partial charge < -0.3 is 10.6 Å². The molecule has 1 aromatic rings. The number of hydrogen-bond donors (Lipinski definition) is 2. The quantitative estimate of drug-likeness (QED) is 0.694. The van der Waals surface area contributed by atoms with Gasteiger partial charge >= 0.3 is 6.03 Å². The van der Waals surface area contributed by atoms with Gasteiger partial charge in [0.2, 0.25) is 0 Å². The van der Waals surface area contributed by atoms with E-state index >= 15 is 0 Å². The lowest BCUT2D eigenvalue weighted by atomic mass is 10.1. The first-order valence-electron chi connectivity index (χ1n) is 4.87. The van der Waals surface area contributed by atoms with Gasteiger partial charge in [0.05, 0.1) is 6.04 Å². The van der Waals surface area contributed by atoms with Crippen molar-refractivity contribution < 1.29 is 4.79 Å². The lowest BCUT2D eigenvalue weighted by molar-refractivity contribution is 0.239. The molecule has 3 heteroatoms. The fourth-order valence-corrected chi connectivity index (χ4v) is 1.94. The largest absolute Gasteiger partial charge is 0.341 e. The van der Waals surface area contributed by atoms with Gasteiger partial charge in [-0.1, -0.05) is 24.3 Å². The molecule has 2 amide bonds. The zero-order chi connectivity index (χ0) is 9.97. The molecule has 3 nitrogen and oxygen atoms in total. The lowest BCUT2D eigenvalue weighted by Gasteiger charge is -2.13. The van der Waals surface area contributed by atoms with Crippen LogP contribution in [0.15, 0.2) is 24.3 Å². The first-order chi connectivity index (χ1) is 6.81. The maximum atomic E-state index is 11.2. The number of aryl methyl sites for hydroxylation is 1. The molecule has 1 aromatic carbocycles. The summed E-state index contributed by atoms with van der Waals surface area (Å²) in [6, 6.07) is 8.35. The van der Waals surface area contributed by atoms with E-state index in [1.165, 1.54) is 11.1 Å². The van der Waals surface area contributed by atoms with Gasteiger partial charge in [-0.15, -0.1) is 0 Å². The van der Waals surface area contributed by atoms with Gasteiger partial charge in [-0.25, -0.2) is 4.79 Å². The van der Waals surface area contributed by atoms with Crippen LogP contribution in [0.4, 0.5) is 4.79 Å². The lowest BCUT2D eigenvalue weighted by Crippen LogP contribution is -2.34. The molecule has 0 radical (unpaired) electrons. The van der Waals surface area contributed by atoms with Gasteiger partial charge in [-0.05, 0) is 24.0 Å². The summed E-state index contributed by atoms with van der Waals surface area (Å²) in [6.45, 7) is 0. The van der Waals surface area contributed by atoms with Crippen molar-refractivity contribution in [2.75, 3.05) is 7.05 Å². The van der Waals surface area contributed by atoms with Crippen LogP contribution < -0.4 is 10.6 Å². The van der Waals surface area contributed by atoms with Crippen molar-refractivity contribution in [2.24, 2.45) is 0 Å². The van der Waals surface area contributed by atoms with E-state index in [1.54, 1.807) is 7.05 Å². The number of nitrogens with one attached hydrogen (secondary N) is 2. The highest BCUT2D eigenvalue weighted by atomic mass is 16.2. The number of amides is 2. The van der Waals surface area contributed by atoms with E-state index in [0.29, 0.717) is 0 Å². The maximum absolute atomic E-state index is 11.2. The number of carbonyl (C=O) groups excluding carboxylic acids is 1. The summed E-state index contributed by atoms with van der Waals surface area (Å²) in [5, 5.41) is 5.51. The maximum Gasteiger partial charge on any atom is 0.315 e. The average Bonchev–Trinajstić information content (AvgIpc) is 2.62. The van der Waals surface area contributed by atoms with Crippen molar-refractivity contribution >= 4 is 6.03 Å². The van der Waals surface area contributed by atoms with Gasteiger partial charge in [0.15, 0.2) is 0 Å². The predicted molar refractivity (Wildman–Crippen MR) is 55.1 cm³/mol. The van der Waals surface area contributed by atoms with Crippen LogP contribution in [0.25, 0.3) is 0 Å². The summed E-state index contributed by atoms with van der Waals surface area (Å²) >= 11 is 0. The molecule has 1 aliphatic carbocycles. The van der Waals surface area contributed by atoms with E-state index in [0.717, 1.165) is 12.8 Å². The molecule has 0 saturated carbocycles. The Kier molecular flexibility index (Phi) is 2.39. The predicted octanol–water partition coefficient (Wildman–Crippen LogP) is 1.60. The SMILES string of the molecule is CNC(=O)N[C@H]1CCc2ccccc21. The molecular formula is C11H14N2O. The molecule has 0 saturated heterocycles. The van der Waals surface area contributed by atoms with Crippen molar-refractivity contribution in [3.8, 4) is 0 Å². The number of rotatable bonds is 1. The van der Waals surface area contributed by atoms with E-state index in [-0.39, 0.29) is 12.1 Å².